The van der Waals surface area contributed by atoms with Crippen LogP contribution < -0.4 is 14.9 Å². The van der Waals surface area contributed by atoms with Gasteiger partial charge in [-0.05, 0) is 30.7 Å². The van der Waals surface area contributed by atoms with E-state index in [9.17, 15) is 19.2 Å². The van der Waals surface area contributed by atoms with Gasteiger partial charge in [-0.3, -0.25) is 23.9 Å². The van der Waals surface area contributed by atoms with Crippen molar-refractivity contribution in [2.75, 3.05) is 18.0 Å². The van der Waals surface area contributed by atoms with Crippen LogP contribution in [0.2, 0.25) is 0 Å². The van der Waals surface area contributed by atoms with E-state index in [1.54, 1.807) is 29.2 Å². The van der Waals surface area contributed by atoms with Crippen molar-refractivity contribution in [2.45, 2.75) is 19.3 Å². The molecule has 9 heteroatoms. The lowest BCUT2D eigenvalue weighted by molar-refractivity contribution is -0.137. The number of hydrogen-bond donors (Lipinski definition) is 4. The number of aliphatic carboxylic acids is 1. The Morgan fingerprint density at radius 2 is 1.92 bits per heavy atom. The maximum Gasteiger partial charge on any atom is 0.305 e. The molecular weight excluding hydrogens is 346 g/mol. The molecule has 1 aromatic rings. The second-order valence-corrected chi connectivity index (χ2v) is 5.88. The van der Waals surface area contributed by atoms with Crippen LogP contribution in [-0.4, -0.2) is 41.9 Å². The fourth-order valence-corrected chi connectivity index (χ4v) is 2.78. The molecule has 0 spiro atoms. The number of benzene rings is 1. The van der Waals surface area contributed by atoms with E-state index < -0.39 is 11.9 Å². The molecule has 1 aliphatic heterocycles. The van der Waals surface area contributed by atoms with Gasteiger partial charge in [-0.15, -0.1) is 0 Å². The van der Waals surface area contributed by atoms with Crippen molar-refractivity contribution in [1.29, 1.82) is 0 Å². The molecule has 0 bridgehead atoms. The summed E-state index contributed by atoms with van der Waals surface area (Å²) in [5.74, 6) is -2.23. The molecule has 0 radical (unpaired) electrons. The maximum absolute atomic E-state index is 12.5. The molecule has 134 valence electrons. The summed E-state index contributed by atoms with van der Waals surface area (Å²) in [5, 5.41) is 11.0. The number of carbonyl (C=O) groups is 4. The summed E-state index contributed by atoms with van der Waals surface area (Å²) in [7, 11) is 0. The van der Waals surface area contributed by atoms with Crippen molar-refractivity contribution in [3.63, 3.8) is 0 Å². The molecule has 0 aromatic heterocycles. The highest BCUT2D eigenvalue weighted by Crippen LogP contribution is 2.27. The van der Waals surface area contributed by atoms with E-state index in [4.69, 9.17) is 5.11 Å². The van der Waals surface area contributed by atoms with Crippen LogP contribution in [0.3, 0.4) is 0 Å². The molecule has 1 aromatic carbocycles. The summed E-state index contributed by atoms with van der Waals surface area (Å²) in [6.07, 6.45) is 0.432. The predicted molar refractivity (Wildman–Crippen MR) is 93.2 cm³/mol. The first-order chi connectivity index (χ1) is 11.9. The minimum absolute atomic E-state index is 0.0368. The Kier molecular flexibility index (Phi) is 6.40. The Hall–Kier alpha value is -2.55. The lowest BCUT2D eigenvalue weighted by Crippen LogP contribution is -2.32. The van der Waals surface area contributed by atoms with Gasteiger partial charge in [0.2, 0.25) is 11.8 Å². The minimum atomic E-state index is -0.988. The molecule has 8 nitrogen and oxygen atoms in total. The standard InChI is InChI=1S/C16H19N3O5S/c20-13(17-7-5-14(21)22)9-11-6-8-19(16(11)24)12-3-1-10(2-4-12)15(23)18-25/h1-4,11,25H,5-9H2,(H,17,20)(H,18,23)(H,21,22). The quantitative estimate of drug-likeness (QED) is 0.528. The summed E-state index contributed by atoms with van der Waals surface area (Å²) < 4.78 is 2.23. The van der Waals surface area contributed by atoms with E-state index in [1.165, 1.54) is 0 Å². The number of carbonyl (C=O) groups excluding carboxylic acids is 3. The summed E-state index contributed by atoms with van der Waals surface area (Å²) in [4.78, 5) is 47.7. The number of nitrogens with zero attached hydrogens (tertiary/aromatic N) is 1. The largest absolute Gasteiger partial charge is 0.481 e. The topological polar surface area (TPSA) is 116 Å². The highest BCUT2D eigenvalue weighted by atomic mass is 32.1. The normalized spacial score (nSPS) is 16.6. The first-order valence-electron chi connectivity index (χ1n) is 7.76. The first-order valence-corrected chi connectivity index (χ1v) is 8.21. The van der Waals surface area contributed by atoms with Crippen molar-refractivity contribution in [2.24, 2.45) is 5.92 Å². The van der Waals surface area contributed by atoms with Crippen LogP contribution in [0.5, 0.6) is 0 Å². The van der Waals surface area contributed by atoms with Gasteiger partial charge in [0.05, 0.1) is 6.42 Å². The predicted octanol–water partition coefficient (Wildman–Crippen LogP) is 0.595. The molecule has 0 aliphatic carbocycles. The summed E-state index contributed by atoms with van der Waals surface area (Å²) in [6.45, 7) is 0.539. The van der Waals surface area contributed by atoms with Crippen molar-refractivity contribution >= 4 is 42.2 Å². The second kappa shape index (κ2) is 8.52. The third kappa shape index (κ3) is 4.96. The van der Waals surface area contributed by atoms with Crippen molar-refractivity contribution in [3.8, 4) is 0 Å². The monoisotopic (exact) mass is 365 g/mol. The maximum atomic E-state index is 12.5. The Balaban J connectivity index is 1.91. The number of anilines is 1. The lowest BCUT2D eigenvalue weighted by Gasteiger charge is -2.17. The van der Waals surface area contributed by atoms with Crippen LogP contribution in [0.15, 0.2) is 24.3 Å². The molecule has 1 unspecified atom stereocenters. The zero-order chi connectivity index (χ0) is 18.4. The minimum Gasteiger partial charge on any atom is -0.481 e. The van der Waals surface area contributed by atoms with Gasteiger partial charge >= 0.3 is 5.97 Å². The lowest BCUT2D eigenvalue weighted by atomic mass is 10.0. The van der Waals surface area contributed by atoms with Gasteiger partial charge in [0.25, 0.3) is 5.91 Å². The van der Waals surface area contributed by atoms with Gasteiger partial charge < -0.3 is 15.3 Å². The van der Waals surface area contributed by atoms with E-state index >= 15 is 0 Å². The molecule has 0 saturated carbocycles. The van der Waals surface area contributed by atoms with Crippen LogP contribution in [0.25, 0.3) is 0 Å². The molecule has 25 heavy (non-hydrogen) atoms. The van der Waals surface area contributed by atoms with Gasteiger partial charge in [-0.1, -0.05) is 12.8 Å². The molecule has 3 amide bonds. The fourth-order valence-electron chi connectivity index (χ4n) is 2.65. The number of carboxylic acids is 1. The van der Waals surface area contributed by atoms with Crippen LogP contribution in [0.1, 0.15) is 29.6 Å². The highest BCUT2D eigenvalue weighted by Gasteiger charge is 2.33. The Labute approximate surface area is 150 Å². The van der Waals surface area contributed by atoms with Crippen LogP contribution in [0.4, 0.5) is 5.69 Å². The Morgan fingerprint density at radius 3 is 2.52 bits per heavy atom. The van der Waals surface area contributed by atoms with Crippen LogP contribution in [-0.2, 0) is 14.4 Å². The first kappa shape index (κ1) is 18.8. The van der Waals surface area contributed by atoms with Crippen molar-refractivity contribution < 1.29 is 24.3 Å². The number of amides is 3. The van der Waals surface area contributed by atoms with E-state index in [0.29, 0.717) is 24.2 Å². The van der Waals surface area contributed by atoms with E-state index in [1.807, 2.05) is 0 Å². The van der Waals surface area contributed by atoms with Gasteiger partial charge in [-0.2, -0.15) is 0 Å². The zero-order valence-electron chi connectivity index (χ0n) is 13.4. The number of rotatable bonds is 7. The summed E-state index contributed by atoms with van der Waals surface area (Å²) in [6, 6.07) is 6.54. The zero-order valence-corrected chi connectivity index (χ0v) is 14.3. The van der Waals surface area contributed by atoms with Gasteiger partial charge in [0, 0.05) is 36.7 Å². The van der Waals surface area contributed by atoms with Crippen molar-refractivity contribution in [3.05, 3.63) is 29.8 Å². The molecule has 1 aliphatic rings. The number of carboxylic acid groups (broad SMARTS) is 1. The molecule has 1 heterocycles. The highest BCUT2D eigenvalue weighted by molar-refractivity contribution is 7.78. The molecule has 1 fully saturated rings. The average Bonchev–Trinajstić information content (AvgIpc) is 2.94. The second-order valence-electron chi connectivity index (χ2n) is 5.66. The van der Waals surface area contributed by atoms with Crippen LogP contribution >= 0.6 is 12.8 Å². The molecular formula is C16H19N3O5S. The third-order valence-corrected chi connectivity index (χ3v) is 4.16. The van der Waals surface area contributed by atoms with Gasteiger partial charge in [-0.25, -0.2) is 0 Å². The van der Waals surface area contributed by atoms with Gasteiger partial charge in [0.15, 0.2) is 0 Å². The SMILES string of the molecule is O=C(O)CCNC(=O)CC1CCN(c2ccc(C(=O)NS)cc2)C1=O. The third-order valence-electron chi connectivity index (χ3n) is 3.95. The molecule has 2 rings (SSSR count). The average molecular weight is 365 g/mol. The van der Waals surface area contributed by atoms with Gasteiger partial charge in [0.1, 0.15) is 0 Å². The van der Waals surface area contributed by atoms with E-state index in [-0.39, 0.29) is 37.1 Å². The smallest absolute Gasteiger partial charge is 0.305 e. The number of thiol groups is 1. The summed E-state index contributed by atoms with van der Waals surface area (Å²) >= 11 is 3.70. The van der Waals surface area contributed by atoms with E-state index in [2.05, 4.69) is 22.9 Å². The fraction of sp³-hybridized carbons (Fsp3) is 0.375. The van der Waals surface area contributed by atoms with Crippen LogP contribution in [0, 0.1) is 5.92 Å². The summed E-state index contributed by atoms with van der Waals surface area (Å²) in [5.41, 5.74) is 1.09. The molecule has 1 saturated heterocycles. The molecule has 1 atom stereocenters. The Bertz CT molecular complexity index is 677. The number of hydrogen-bond acceptors (Lipinski definition) is 5. The van der Waals surface area contributed by atoms with Crippen molar-refractivity contribution in [1.82, 2.24) is 10.0 Å². The number of nitrogens with one attached hydrogen (secondary N) is 2. The molecule has 3 N–H and O–H groups in total. The Morgan fingerprint density at radius 1 is 1.24 bits per heavy atom. The van der Waals surface area contributed by atoms with E-state index in [0.717, 1.165) is 0 Å².